The molecule has 1 aliphatic carbocycles. The van der Waals surface area contributed by atoms with E-state index in [2.05, 4.69) is 84.9 Å². The van der Waals surface area contributed by atoms with Gasteiger partial charge in [0.25, 0.3) is 0 Å². The van der Waals surface area contributed by atoms with E-state index in [1.807, 2.05) is 0 Å². The fourth-order valence-electron chi connectivity index (χ4n) is 5.26. The van der Waals surface area contributed by atoms with Crippen LogP contribution in [0, 0.1) is 0 Å². The third kappa shape index (κ3) is 5.53. The Kier molecular flexibility index (Phi) is 5.50. The molecule has 8 heteroatoms. The molecular weight excluding hydrogens is 464 g/mol. The quantitative estimate of drug-likeness (QED) is 0.250. The van der Waals surface area contributed by atoms with Gasteiger partial charge in [-0.2, -0.15) is 0 Å². The molecule has 0 spiro atoms. The molecule has 0 N–H and O–H groups in total. The molecule has 0 amide bonds. The molecule has 1 fully saturated rings. The summed E-state index contributed by atoms with van der Waals surface area (Å²) < 4.78 is 59.2. The Bertz CT molecular complexity index is 1030. The number of halogens is 6. The van der Waals surface area contributed by atoms with E-state index in [9.17, 15) is 25.2 Å². The summed E-state index contributed by atoms with van der Waals surface area (Å²) in [6.45, 7) is 0. The van der Waals surface area contributed by atoms with Gasteiger partial charge in [-0.3, -0.25) is 0 Å². The Morgan fingerprint density at radius 3 is 1.62 bits per heavy atom. The van der Waals surface area contributed by atoms with E-state index in [0.717, 1.165) is 11.6 Å². The first-order valence-corrected chi connectivity index (χ1v) is 14.5. The van der Waals surface area contributed by atoms with Crippen molar-refractivity contribution >= 4 is 25.7 Å². The van der Waals surface area contributed by atoms with Crippen LogP contribution in [-0.2, 0) is 6.16 Å². The second-order valence-corrected chi connectivity index (χ2v) is 14.3. The fraction of sp³-hybridized carbons (Fsp3) is 0.250. The summed E-state index contributed by atoms with van der Waals surface area (Å²) in [5.74, 6) is 0.774. The van der Waals surface area contributed by atoms with Crippen molar-refractivity contribution in [3.05, 3.63) is 96.1 Å². The molecule has 0 aromatic heterocycles. The van der Waals surface area contributed by atoms with Crippen LogP contribution in [0.2, 0.25) is 0 Å². The summed E-state index contributed by atoms with van der Waals surface area (Å²) in [5.41, 5.74) is 4.07. The molecule has 3 aromatic carbocycles. The minimum atomic E-state index is -10.7. The van der Waals surface area contributed by atoms with Gasteiger partial charge in [-0.15, -0.1) is 0 Å². The van der Waals surface area contributed by atoms with Crippen LogP contribution in [0.3, 0.4) is 0 Å². The molecule has 2 atom stereocenters. The molecule has 172 valence electrons. The standard InChI is InChI=1S/C24H24P.F6P/c1-3-10-21(11-4-1)25(22-12-5-2-6-13-22)18-20-9-7-8-14-24(20)19-15-16-23(25)17-19;1-7(2,3,4,5)6/h1-14,19,23H,15-18H2;/q+1;-1/t19-,23+;/m0./s1. The molecule has 1 saturated carbocycles. The summed E-state index contributed by atoms with van der Waals surface area (Å²) in [7, 11) is -12.1. The van der Waals surface area contributed by atoms with E-state index >= 15 is 0 Å². The van der Waals surface area contributed by atoms with Gasteiger partial charge in [0.05, 0.1) is 29.7 Å². The van der Waals surface area contributed by atoms with E-state index in [-0.39, 0.29) is 0 Å². The summed E-state index contributed by atoms with van der Waals surface area (Å²) in [6.07, 6.45) is 5.35. The molecule has 1 heterocycles. The van der Waals surface area contributed by atoms with Gasteiger partial charge in [-0.1, -0.05) is 60.7 Å². The van der Waals surface area contributed by atoms with E-state index < -0.39 is 15.1 Å². The summed E-state index contributed by atoms with van der Waals surface area (Å²) >= 11 is 0. The van der Waals surface area contributed by atoms with Gasteiger partial charge < -0.3 is 0 Å². The molecular formula is C24H24F6P2. The van der Waals surface area contributed by atoms with E-state index in [1.54, 1.807) is 21.7 Å². The average Bonchev–Trinajstić information content (AvgIpc) is 3.16. The van der Waals surface area contributed by atoms with Gasteiger partial charge >= 0.3 is 33.0 Å². The van der Waals surface area contributed by atoms with Gasteiger partial charge in [0.1, 0.15) is 0 Å². The predicted octanol–water partition coefficient (Wildman–Crippen LogP) is 8.89. The largest absolute Gasteiger partial charge is 0.0998 e. The van der Waals surface area contributed by atoms with Gasteiger partial charge in [0.15, 0.2) is 0 Å². The topological polar surface area (TPSA) is 0 Å². The molecule has 2 aliphatic rings. The van der Waals surface area contributed by atoms with E-state index in [0.29, 0.717) is 0 Å². The molecule has 0 nitrogen and oxygen atoms in total. The maximum absolute atomic E-state index is 10.7. The summed E-state index contributed by atoms with van der Waals surface area (Å²) in [6, 6.07) is 32.2. The summed E-state index contributed by atoms with van der Waals surface area (Å²) in [5, 5.41) is 3.20. The molecule has 3 aromatic rings. The Morgan fingerprint density at radius 1 is 0.625 bits per heavy atom. The molecule has 1 aliphatic heterocycles. The first-order valence-electron chi connectivity index (χ1n) is 10.5. The molecule has 0 radical (unpaired) electrons. The zero-order chi connectivity index (χ0) is 23.1. The first-order chi connectivity index (χ1) is 14.8. The number of fused-ring (bicyclic) bond motifs is 4. The van der Waals surface area contributed by atoms with Gasteiger partial charge in [-0.05, 0) is 60.6 Å². The van der Waals surface area contributed by atoms with Crippen LogP contribution < -0.4 is 10.6 Å². The van der Waals surface area contributed by atoms with E-state index in [1.165, 1.54) is 25.4 Å². The maximum atomic E-state index is 9.87. The van der Waals surface area contributed by atoms with Crippen LogP contribution in [0.25, 0.3) is 0 Å². The molecule has 2 bridgehead atoms. The average molecular weight is 488 g/mol. The Morgan fingerprint density at radius 2 is 1.09 bits per heavy atom. The van der Waals surface area contributed by atoms with Crippen molar-refractivity contribution in [3.8, 4) is 0 Å². The van der Waals surface area contributed by atoms with Crippen LogP contribution in [-0.4, -0.2) is 5.66 Å². The van der Waals surface area contributed by atoms with Crippen LogP contribution in [0.15, 0.2) is 84.9 Å². The number of hydrogen-bond donors (Lipinski definition) is 0. The summed E-state index contributed by atoms with van der Waals surface area (Å²) in [4.78, 5) is 0. The van der Waals surface area contributed by atoms with Crippen LogP contribution in [0.1, 0.15) is 36.3 Å². The molecule has 0 unspecified atom stereocenters. The second kappa shape index (κ2) is 7.57. The van der Waals surface area contributed by atoms with Crippen molar-refractivity contribution in [2.75, 3.05) is 0 Å². The molecule has 32 heavy (non-hydrogen) atoms. The predicted molar refractivity (Wildman–Crippen MR) is 123 cm³/mol. The number of hydrogen-bond acceptors (Lipinski definition) is 0. The van der Waals surface area contributed by atoms with Crippen molar-refractivity contribution < 1.29 is 25.2 Å². The van der Waals surface area contributed by atoms with Crippen molar-refractivity contribution in [2.45, 2.75) is 37.0 Å². The number of benzene rings is 3. The monoisotopic (exact) mass is 488 g/mol. The van der Waals surface area contributed by atoms with E-state index in [4.69, 9.17) is 0 Å². The Balaban J connectivity index is 0.000000307. The van der Waals surface area contributed by atoms with Crippen molar-refractivity contribution in [3.63, 3.8) is 0 Å². The second-order valence-electron chi connectivity index (χ2n) is 8.52. The van der Waals surface area contributed by atoms with Gasteiger partial charge in [0, 0.05) is 0 Å². The molecule has 5 rings (SSSR count). The molecule has 0 saturated heterocycles. The zero-order valence-electron chi connectivity index (χ0n) is 17.2. The minimum Gasteiger partial charge on any atom is -0.0620 e. The normalized spacial score (nSPS) is 23.6. The third-order valence-corrected chi connectivity index (χ3v) is 11.4. The van der Waals surface area contributed by atoms with Crippen LogP contribution in [0.5, 0.6) is 0 Å². The van der Waals surface area contributed by atoms with Gasteiger partial charge in [0.2, 0.25) is 0 Å². The zero-order valence-corrected chi connectivity index (χ0v) is 19.0. The smallest absolute Gasteiger partial charge is 0.0620 e. The SMILES string of the molecule is F[P-](F)(F)(F)(F)F.c1ccc([P+]2(c3ccccc3)Cc3ccccc3[C@H]3CC[C@@H]2C3)cc1. The van der Waals surface area contributed by atoms with Crippen molar-refractivity contribution in [2.24, 2.45) is 0 Å². The van der Waals surface area contributed by atoms with Crippen LogP contribution >= 0.6 is 15.1 Å². The Labute approximate surface area is 184 Å². The minimum absolute atomic E-state index is 0.774. The van der Waals surface area contributed by atoms with Crippen molar-refractivity contribution in [1.29, 1.82) is 0 Å². The maximum Gasteiger partial charge on any atom is 0.0998 e. The van der Waals surface area contributed by atoms with Crippen molar-refractivity contribution in [1.82, 2.24) is 0 Å². The van der Waals surface area contributed by atoms with Gasteiger partial charge in [-0.25, -0.2) is 0 Å². The fourth-order valence-corrected chi connectivity index (χ4v) is 10.5. The first kappa shape index (κ1) is 23.3. The van der Waals surface area contributed by atoms with Crippen LogP contribution in [0.4, 0.5) is 25.2 Å². The number of rotatable bonds is 2. The Hall–Kier alpha value is -1.90. The third-order valence-electron chi connectivity index (χ3n) is 6.38.